The summed E-state index contributed by atoms with van der Waals surface area (Å²) in [5.74, 6) is 0.795. The first kappa shape index (κ1) is 17.3. The van der Waals surface area contributed by atoms with Crippen molar-refractivity contribution in [1.82, 2.24) is 10.6 Å². The Morgan fingerprint density at radius 2 is 1.95 bits per heavy atom. The zero-order valence-corrected chi connectivity index (χ0v) is 13.1. The van der Waals surface area contributed by atoms with Crippen LogP contribution >= 0.6 is 0 Å². The molecule has 5 nitrogen and oxygen atoms in total. The minimum absolute atomic E-state index is 0.255. The summed E-state index contributed by atoms with van der Waals surface area (Å²) in [5.41, 5.74) is 0.143. The Labute approximate surface area is 126 Å². The Bertz CT molecular complexity index is 445. The topological polar surface area (TPSA) is 70.6 Å². The lowest BCUT2D eigenvalue weighted by Gasteiger charge is -2.25. The Morgan fingerprint density at radius 1 is 1.24 bits per heavy atom. The molecule has 1 rings (SSSR count). The molecule has 0 aromatic heterocycles. The number of rotatable bonds is 8. The van der Waals surface area contributed by atoms with Gasteiger partial charge in [0.2, 0.25) is 0 Å². The van der Waals surface area contributed by atoms with E-state index in [-0.39, 0.29) is 12.6 Å². The number of aliphatic hydroxyl groups is 1. The average molecular weight is 294 g/mol. The lowest BCUT2D eigenvalue weighted by atomic mass is 9.98. The predicted octanol–water partition coefficient (Wildman–Crippen LogP) is 2.44. The number of carbonyl (C=O) groups is 1. The third kappa shape index (κ3) is 6.04. The Balaban J connectivity index is 2.41. The standard InChI is InChI=1S/C16H26N2O3/c1-4-16(20,5-2)12-18-15(19)17-11-13-8-7-9-14(10-13)21-6-3/h7-10,20H,4-6,11-12H2,1-3H3,(H2,17,18,19). The lowest BCUT2D eigenvalue weighted by Crippen LogP contribution is -2.45. The number of ether oxygens (including phenoxy) is 1. The van der Waals surface area contributed by atoms with Crippen molar-refractivity contribution in [3.63, 3.8) is 0 Å². The summed E-state index contributed by atoms with van der Waals surface area (Å²) in [6.07, 6.45) is 1.22. The maximum atomic E-state index is 11.7. The Morgan fingerprint density at radius 3 is 2.57 bits per heavy atom. The van der Waals surface area contributed by atoms with Crippen molar-refractivity contribution in [2.24, 2.45) is 0 Å². The zero-order valence-electron chi connectivity index (χ0n) is 13.1. The smallest absolute Gasteiger partial charge is 0.315 e. The van der Waals surface area contributed by atoms with Gasteiger partial charge in [0.25, 0.3) is 0 Å². The molecule has 0 spiro atoms. The van der Waals surface area contributed by atoms with Crippen LogP contribution in [0.1, 0.15) is 39.2 Å². The van der Waals surface area contributed by atoms with Crippen LogP contribution in [-0.4, -0.2) is 29.9 Å². The molecule has 0 unspecified atom stereocenters. The zero-order chi connectivity index (χ0) is 15.7. The maximum Gasteiger partial charge on any atom is 0.315 e. The maximum absolute atomic E-state index is 11.7. The van der Waals surface area contributed by atoms with Crippen molar-refractivity contribution in [1.29, 1.82) is 0 Å². The van der Waals surface area contributed by atoms with E-state index in [0.717, 1.165) is 11.3 Å². The van der Waals surface area contributed by atoms with Gasteiger partial charge in [-0.1, -0.05) is 26.0 Å². The lowest BCUT2D eigenvalue weighted by molar-refractivity contribution is 0.0349. The van der Waals surface area contributed by atoms with Crippen LogP contribution in [0.25, 0.3) is 0 Å². The largest absolute Gasteiger partial charge is 0.494 e. The van der Waals surface area contributed by atoms with E-state index >= 15 is 0 Å². The summed E-state index contributed by atoms with van der Waals surface area (Å²) in [6, 6.07) is 7.33. The van der Waals surface area contributed by atoms with E-state index in [0.29, 0.717) is 26.0 Å². The fraction of sp³-hybridized carbons (Fsp3) is 0.562. The summed E-state index contributed by atoms with van der Waals surface area (Å²) in [6.45, 7) is 7.03. The van der Waals surface area contributed by atoms with Crippen LogP contribution in [0.4, 0.5) is 4.79 Å². The van der Waals surface area contributed by atoms with E-state index in [9.17, 15) is 9.90 Å². The minimum atomic E-state index is -0.827. The Hall–Kier alpha value is -1.75. The minimum Gasteiger partial charge on any atom is -0.494 e. The average Bonchev–Trinajstić information content (AvgIpc) is 2.51. The monoisotopic (exact) mass is 294 g/mol. The van der Waals surface area contributed by atoms with Crippen LogP contribution in [0, 0.1) is 0 Å². The van der Waals surface area contributed by atoms with Gasteiger partial charge in [-0.2, -0.15) is 0 Å². The van der Waals surface area contributed by atoms with Crippen LogP contribution in [0.15, 0.2) is 24.3 Å². The van der Waals surface area contributed by atoms with E-state index in [1.54, 1.807) is 0 Å². The summed E-state index contributed by atoms with van der Waals surface area (Å²) in [5, 5.41) is 15.6. The molecule has 0 saturated heterocycles. The van der Waals surface area contributed by atoms with E-state index in [1.165, 1.54) is 0 Å². The van der Waals surface area contributed by atoms with Gasteiger partial charge in [0, 0.05) is 13.1 Å². The molecule has 5 heteroatoms. The molecule has 118 valence electrons. The fourth-order valence-corrected chi connectivity index (χ4v) is 1.90. The molecule has 0 bridgehead atoms. The van der Waals surface area contributed by atoms with Gasteiger partial charge in [-0.3, -0.25) is 0 Å². The molecule has 0 atom stereocenters. The van der Waals surface area contributed by atoms with Gasteiger partial charge in [0.1, 0.15) is 5.75 Å². The molecule has 2 amide bonds. The summed E-state index contributed by atoms with van der Waals surface area (Å²) in [4.78, 5) is 11.7. The molecule has 1 aromatic rings. The second-order valence-electron chi connectivity index (χ2n) is 5.05. The van der Waals surface area contributed by atoms with Crippen LogP contribution < -0.4 is 15.4 Å². The van der Waals surface area contributed by atoms with Crippen molar-refractivity contribution in [2.75, 3.05) is 13.2 Å². The number of amides is 2. The quantitative estimate of drug-likeness (QED) is 0.689. The number of benzene rings is 1. The highest BCUT2D eigenvalue weighted by Crippen LogP contribution is 2.14. The number of urea groups is 1. The molecule has 1 aromatic carbocycles. The number of carbonyl (C=O) groups excluding carboxylic acids is 1. The first-order valence-electron chi connectivity index (χ1n) is 7.48. The third-order valence-corrected chi connectivity index (χ3v) is 3.56. The molecular formula is C16H26N2O3. The van der Waals surface area contributed by atoms with E-state index in [1.807, 2.05) is 45.0 Å². The molecule has 21 heavy (non-hydrogen) atoms. The van der Waals surface area contributed by atoms with Crippen molar-refractivity contribution < 1.29 is 14.6 Å². The van der Waals surface area contributed by atoms with Crippen molar-refractivity contribution in [3.05, 3.63) is 29.8 Å². The molecule has 0 fully saturated rings. The summed E-state index contributed by atoms with van der Waals surface area (Å²) >= 11 is 0. The molecule has 0 aliphatic carbocycles. The van der Waals surface area contributed by atoms with Gasteiger partial charge in [-0.15, -0.1) is 0 Å². The van der Waals surface area contributed by atoms with E-state index in [4.69, 9.17) is 4.74 Å². The van der Waals surface area contributed by atoms with Gasteiger partial charge in [-0.25, -0.2) is 4.79 Å². The first-order valence-corrected chi connectivity index (χ1v) is 7.48. The number of nitrogens with one attached hydrogen (secondary N) is 2. The van der Waals surface area contributed by atoms with Gasteiger partial charge < -0.3 is 20.5 Å². The highest BCUT2D eigenvalue weighted by molar-refractivity contribution is 5.73. The second kappa shape index (κ2) is 8.52. The van der Waals surface area contributed by atoms with E-state index < -0.39 is 5.60 Å². The van der Waals surface area contributed by atoms with E-state index in [2.05, 4.69) is 10.6 Å². The SMILES string of the molecule is CCOc1cccc(CNC(=O)NCC(O)(CC)CC)c1. The molecule has 0 aliphatic heterocycles. The van der Waals surface area contributed by atoms with Gasteiger partial charge in [0.05, 0.1) is 12.2 Å². The molecular weight excluding hydrogens is 268 g/mol. The second-order valence-corrected chi connectivity index (χ2v) is 5.05. The van der Waals surface area contributed by atoms with Crippen LogP contribution in [-0.2, 0) is 6.54 Å². The first-order chi connectivity index (χ1) is 10.0. The molecule has 0 heterocycles. The van der Waals surface area contributed by atoms with Crippen LogP contribution in [0.2, 0.25) is 0 Å². The molecule has 0 saturated carbocycles. The van der Waals surface area contributed by atoms with Crippen molar-refractivity contribution >= 4 is 6.03 Å². The Kier molecular flexibility index (Phi) is 7.02. The molecule has 0 radical (unpaired) electrons. The number of hydrogen-bond acceptors (Lipinski definition) is 3. The number of hydrogen-bond donors (Lipinski definition) is 3. The normalized spacial score (nSPS) is 11.0. The highest BCUT2D eigenvalue weighted by Gasteiger charge is 2.22. The van der Waals surface area contributed by atoms with Crippen molar-refractivity contribution in [3.8, 4) is 5.75 Å². The highest BCUT2D eigenvalue weighted by atomic mass is 16.5. The van der Waals surface area contributed by atoms with Crippen molar-refractivity contribution in [2.45, 2.75) is 45.8 Å². The van der Waals surface area contributed by atoms with Crippen LogP contribution in [0.5, 0.6) is 5.75 Å². The van der Waals surface area contributed by atoms with Crippen LogP contribution in [0.3, 0.4) is 0 Å². The third-order valence-electron chi connectivity index (χ3n) is 3.56. The van der Waals surface area contributed by atoms with Gasteiger partial charge in [-0.05, 0) is 37.5 Å². The fourth-order valence-electron chi connectivity index (χ4n) is 1.90. The summed E-state index contributed by atoms with van der Waals surface area (Å²) in [7, 11) is 0. The molecule has 3 N–H and O–H groups in total. The molecule has 0 aliphatic rings. The van der Waals surface area contributed by atoms with Gasteiger partial charge in [0.15, 0.2) is 0 Å². The van der Waals surface area contributed by atoms with Gasteiger partial charge >= 0.3 is 6.03 Å². The summed E-state index contributed by atoms with van der Waals surface area (Å²) < 4.78 is 5.41. The predicted molar refractivity (Wildman–Crippen MR) is 83.4 cm³/mol.